The standard InChI is InChI=1S/C24H29N3O2/c1-27(19-20-10-4-2-5-11-20)17-9-16-25-23(28)14-8-15-24-26-18-22(29-24)21-12-6-3-7-13-21/h2-7,10-13,18H,8-9,14-17,19H2,1H3,(H,25,28). The Hall–Kier alpha value is -2.92. The first-order valence-electron chi connectivity index (χ1n) is 10.2. The Morgan fingerprint density at radius 3 is 2.52 bits per heavy atom. The van der Waals surface area contributed by atoms with E-state index in [2.05, 4.69) is 46.5 Å². The molecule has 1 amide bonds. The molecule has 5 nitrogen and oxygen atoms in total. The summed E-state index contributed by atoms with van der Waals surface area (Å²) in [6, 6.07) is 20.3. The van der Waals surface area contributed by atoms with Crippen LogP contribution in [0.4, 0.5) is 0 Å². The van der Waals surface area contributed by atoms with Crippen LogP contribution in [0, 0.1) is 0 Å². The lowest BCUT2D eigenvalue weighted by molar-refractivity contribution is -0.121. The first kappa shape index (κ1) is 20.8. The minimum atomic E-state index is 0.0885. The second kappa shape index (κ2) is 11.2. The molecule has 29 heavy (non-hydrogen) atoms. The molecular weight excluding hydrogens is 362 g/mol. The number of rotatable bonds is 11. The Morgan fingerprint density at radius 2 is 1.76 bits per heavy atom. The molecule has 0 bridgehead atoms. The summed E-state index contributed by atoms with van der Waals surface area (Å²) >= 11 is 0. The van der Waals surface area contributed by atoms with Crippen LogP contribution in [0.15, 0.2) is 71.3 Å². The largest absolute Gasteiger partial charge is 0.441 e. The molecule has 0 aliphatic heterocycles. The van der Waals surface area contributed by atoms with Crippen LogP contribution in [0.2, 0.25) is 0 Å². The molecule has 0 spiro atoms. The van der Waals surface area contributed by atoms with Crippen LogP contribution >= 0.6 is 0 Å². The van der Waals surface area contributed by atoms with E-state index >= 15 is 0 Å². The Kier molecular flexibility index (Phi) is 8.01. The molecule has 0 fully saturated rings. The van der Waals surface area contributed by atoms with E-state index in [1.807, 2.05) is 36.4 Å². The van der Waals surface area contributed by atoms with Gasteiger partial charge in [-0.25, -0.2) is 4.98 Å². The number of hydrogen-bond acceptors (Lipinski definition) is 4. The molecule has 0 saturated carbocycles. The monoisotopic (exact) mass is 391 g/mol. The third-order valence-electron chi connectivity index (χ3n) is 4.74. The quantitative estimate of drug-likeness (QED) is 0.495. The fraction of sp³-hybridized carbons (Fsp3) is 0.333. The zero-order chi connectivity index (χ0) is 20.3. The number of nitrogens with one attached hydrogen (secondary N) is 1. The maximum Gasteiger partial charge on any atom is 0.220 e. The van der Waals surface area contributed by atoms with Crippen molar-refractivity contribution in [1.82, 2.24) is 15.2 Å². The van der Waals surface area contributed by atoms with Crippen molar-refractivity contribution in [2.75, 3.05) is 20.1 Å². The molecular formula is C24H29N3O2. The molecule has 0 aliphatic rings. The number of carbonyl (C=O) groups excluding carboxylic acids is 1. The van der Waals surface area contributed by atoms with Gasteiger partial charge in [-0.05, 0) is 32.0 Å². The van der Waals surface area contributed by atoms with Crippen LogP contribution < -0.4 is 5.32 Å². The van der Waals surface area contributed by atoms with E-state index in [-0.39, 0.29) is 5.91 Å². The number of aryl methyl sites for hydroxylation is 1. The molecule has 1 heterocycles. The minimum absolute atomic E-state index is 0.0885. The number of carbonyl (C=O) groups is 1. The number of nitrogens with zero attached hydrogens (tertiary/aromatic N) is 2. The molecule has 0 atom stereocenters. The van der Waals surface area contributed by atoms with E-state index in [9.17, 15) is 4.79 Å². The number of amides is 1. The molecule has 1 N–H and O–H groups in total. The third kappa shape index (κ3) is 7.20. The zero-order valence-electron chi connectivity index (χ0n) is 17.0. The van der Waals surface area contributed by atoms with Crippen LogP contribution in [0.5, 0.6) is 0 Å². The van der Waals surface area contributed by atoms with Crippen molar-refractivity contribution in [3.63, 3.8) is 0 Å². The smallest absolute Gasteiger partial charge is 0.220 e. The number of oxazole rings is 1. The van der Waals surface area contributed by atoms with Crippen LogP contribution in [0.25, 0.3) is 11.3 Å². The van der Waals surface area contributed by atoms with E-state index in [1.165, 1.54) is 5.56 Å². The van der Waals surface area contributed by atoms with Gasteiger partial charge in [0.2, 0.25) is 5.91 Å². The number of hydrogen-bond donors (Lipinski definition) is 1. The molecule has 1 aromatic heterocycles. The first-order valence-corrected chi connectivity index (χ1v) is 10.2. The van der Waals surface area contributed by atoms with Crippen LogP contribution in [-0.2, 0) is 17.8 Å². The molecule has 0 radical (unpaired) electrons. The van der Waals surface area contributed by atoms with Crippen LogP contribution in [0.1, 0.15) is 30.7 Å². The second-order valence-electron chi connectivity index (χ2n) is 7.26. The van der Waals surface area contributed by atoms with Gasteiger partial charge < -0.3 is 14.6 Å². The average molecular weight is 392 g/mol. The second-order valence-corrected chi connectivity index (χ2v) is 7.26. The maximum absolute atomic E-state index is 12.0. The van der Waals surface area contributed by atoms with E-state index in [4.69, 9.17) is 4.42 Å². The van der Waals surface area contributed by atoms with Crippen molar-refractivity contribution >= 4 is 5.91 Å². The summed E-state index contributed by atoms with van der Waals surface area (Å²) in [4.78, 5) is 18.6. The van der Waals surface area contributed by atoms with Gasteiger partial charge in [0.15, 0.2) is 11.7 Å². The van der Waals surface area contributed by atoms with Crippen LogP contribution in [-0.4, -0.2) is 35.9 Å². The Morgan fingerprint density at radius 1 is 1.03 bits per heavy atom. The minimum Gasteiger partial charge on any atom is -0.441 e. The van der Waals surface area contributed by atoms with Crippen molar-refractivity contribution in [3.8, 4) is 11.3 Å². The Labute approximate surface area is 172 Å². The van der Waals surface area contributed by atoms with E-state index in [0.29, 0.717) is 25.3 Å². The first-order chi connectivity index (χ1) is 14.2. The van der Waals surface area contributed by atoms with Gasteiger partial charge in [-0.2, -0.15) is 0 Å². The zero-order valence-corrected chi connectivity index (χ0v) is 17.0. The molecule has 5 heteroatoms. The summed E-state index contributed by atoms with van der Waals surface area (Å²) in [6.45, 7) is 2.58. The normalized spacial score (nSPS) is 11.0. The van der Waals surface area contributed by atoms with E-state index in [1.54, 1.807) is 6.20 Å². The summed E-state index contributed by atoms with van der Waals surface area (Å²) in [5.74, 6) is 1.54. The van der Waals surface area contributed by atoms with Crippen molar-refractivity contribution in [3.05, 3.63) is 78.3 Å². The topological polar surface area (TPSA) is 58.4 Å². The molecule has 3 rings (SSSR count). The van der Waals surface area contributed by atoms with Gasteiger partial charge in [-0.3, -0.25) is 4.79 Å². The van der Waals surface area contributed by atoms with E-state index < -0.39 is 0 Å². The SMILES string of the molecule is CN(CCCNC(=O)CCCc1ncc(-c2ccccc2)o1)Cc1ccccc1. The molecule has 2 aromatic carbocycles. The molecule has 152 valence electrons. The Balaban J connectivity index is 1.27. The maximum atomic E-state index is 12.0. The highest BCUT2D eigenvalue weighted by atomic mass is 16.4. The highest BCUT2D eigenvalue weighted by Crippen LogP contribution is 2.20. The average Bonchev–Trinajstić information content (AvgIpc) is 3.22. The molecule has 0 saturated heterocycles. The Bertz CT molecular complexity index is 862. The van der Waals surface area contributed by atoms with E-state index in [0.717, 1.165) is 37.3 Å². The fourth-order valence-corrected chi connectivity index (χ4v) is 3.20. The molecule has 0 unspecified atom stereocenters. The summed E-state index contributed by atoms with van der Waals surface area (Å²) in [5, 5.41) is 3.00. The predicted octanol–water partition coefficient (Wildman–Crippen LogP) is 4.30. The van der Waals surface area contributed by atoms with Gasteiger partial charge in [0, 0.05) is 31.5 Å². The summed E-state index contributed by atoms with van der Waals surface area (Å²) < 4.78 is 5.78. The molecule has 3 aromatic rings. The van der Waals surface area contributed by atoms with Crippen LogP contribution in [0.3, 0.4) is 0 Å². The predicted molar refractivity (Wildman–Crippen MR) is 115 cm³/mol. The lowest BCUT2D eigenvalue weighted by Crippen LogP contribution is -2.28. The highest BCUT2D eigenvalue weighted by molar-refractivity contribution is 5.75. The number of benzene rings is 2. The molecule has 0 aliphatic carbocycles. The lowest BCUT2D eigenvalue weighted by Gasteiger charge is -2.16. The highest BCUT2D eigenvalue weighted by Gasteiger charge is 2.08. The summed E-state index contributed by atoms with van der Waals surface area (Å²) in [5.41, 5.74) is 2.32. The fourth-order valence-electron chi connectivity index (χ4n) is 3.20. The summed E-state index contributed by atoms with van der Waals surface area (Å²) in [7, 11) is 2.11. The van der Waals surface area contributed by atoms with Crippen molar-refractivity contribution in [2.45, 2.75) is 32.2 Å². The lowest BCUT2D eigenvalue weighted by atomic mass is 10.2. The van der Waals surface area contributed by atoms with Gasteiger partial charge in [0.1, 0.15) is 0 Å². The van der Waals surface area contributed by atoms with Gasteiger partial charge in [-0.15, -0.1) is 0 Å². The number of aromatic nitrogens is 1. The van der Waals surface area contributed by atoms with Gasteiger partial charge in [-0.1, -0.05) is 60.7 Å². The van der Waals surface area contributed by atoms with Crippen molar-refractivity contribution < 1.29 is 9.21 Å². The third-order valence-corrected chi connectivity index (χ3v) is 4.74. The van der Waals surface area contributed by atoms with Gasteiger partial charge in [0.05, 0.1) is 6.20 Å². The van der Waals surface area contributed by atoms with Crippen molar-refractivity contribution in [1.29, 1.82) is 0 Å². The summed E-state index contributed by atoms with van der Waals surface area (Å²) in [6.07, 6.45) is 4.57. The van der Waals surface area contributed by atoms with Gasteiger partial charge >= 0.3 is 0 Å². The van der Waals surface area contributed by atoms with Crippen molar-refractivity contribution in [2.24, 2.45) is 0 Å². The van der Waals surface area contributed by atoms with Gasteiger partial charge in [0.25, 0.3) is 0 Å².